The van der Waals surface area contributed by atoms with Crippen LogP contribution in [0, 0.1) is 5.82 Å². The molecule has 2 heterocycles. The van der Waals surface area contributed by atoms with E-state index < -0.39 is 0 Å². The van der Waals surface area contributed by atoms with Gasteiger partial charge in [0.1, 0.15) is 18.0 Å². The molecule has 2 aromatic carbocycles. The molecule has 4 aromatic rings. The summed E-state index contributed by atoms with van der Waals surface area (Å²) in [6.45, 7) is 0.366. The summed E-state index contributed by atoms with van der Waals surface area (Å²) in [5.74, 6) is 1.33. The average molecular weight is 414 g/mol. The van der Waals surface area contributed by atoms with Crippen molar-refractivity contribution in [2.45, 2.75) is 6.54 Å². The van der Waals surface area contributed by atoms with E-state index in [1.165, 1.54) is 18.5 Å². The van der Waals surface area contributed by atoms with Crippen molar-refractivity contribution in [2.24, 2.45) is 0 Å². The van der Waals surface area contributed by atoms with E-state index >= 15 is 0 Å². The molecule has 4 rings (SSSR count). The second kappa shape index (κ2) is 9.42. The van der Waals surface area contributed by atoms with Crippen molar-refractivity contribution in [3.63, 3.8) is 0 Å². The number of nitrogens with one attached hydrogen (secondary N) is 4. The first-order valence-electron chi connectivity index (χ1n) is 8.43. The van der Waals surface area contributed by atoms with E-state index in [4.69, 9.17) is 0 Å². The molecule has 148 valence electrons. The van der Waals surface area contributed by atoms with E-state index in [2.05, 4.69) is 46.1 Å². The number of para-hydroxylation sites is 1. The van der Waals surface area contributed by atoms with E-state index in [0.717, 1.165) is 5.69 Å². The third-order valence-electron chi connectivity index (χ3n) is 3.64. The van der Waals surface area contributed by atoms with Crippen LogP contribution in [0.15, 0.2) is 60.9 Å². The van der Waals surface area contributed by atoms with Crippen molar-refractivity contribution in [2.75, 3.05) is 16.0 Å². The molecule has 0 saturated heterocycles. The second-order valence-electron chi connectivity index (χ2n) is 5.71. The number of H-pyrrole nitrogens is 1. The smallest absolute Gasteiger partial charge is 0.233 e. The predicted octanol–water partition coefficient (Wildman–Crippen LogP) is 3.65. The first kappa shape index (κ1) is 20.0. The first-order chi connectivity index (χ1) is 13.7. The van der Waals surface area contributed by atoms with Crippen molar-refractivity contribution < 1.29 is 4.39 Å². The summed E-state index contributed by atoms with van der Waals surface area (Å²) < 4.78 is 13.1. The fourth-order valence-corrected chi connectivity index (χ4v) is 2.36. The third kappa shape index (κ3) is 5.59. The van der Waals surface area contributed by atoms with Gasteiger partial charge in [-0.1, -0.05) is 18.2 Å². The number of hydrogen-bond acceptors (Lipinski definition) is 8. The molecule has 0 aliphatic carbocycles. The molecule has 9 nitrogen and oxygen atoms in total. The van der Waals surface area contributed by atoms with Gasteiger partial charge >= 0.3 is 0 Å². The molecule has 4 N–H and O–H groups in total. The molecule has 29 heavy (non-hydrogen) atoms. The van der Waals surface area contributed by atoms with Crippen LogP contribution in [0.4, 0.5) is 33.6 Å². The van der Waals surface area contributed by atoms with Gasteiger partial charge in [0.25, 0.3) is 0 Å². The fourth-order valence-electron chi connectivity index (χ4n) is 2.36. The molecular weight excluding hydrogens is 397 g/mol. The van der Waals surface area contributed by atoms with Gasteiger partial charge in [-0.15, -0.1) is 12.4 Å². The van der Waals surface area contributed by atoms with Crippen LogP contribution in [0.2, 0.25) is 0 Å². The number of rotatable bonds is 7. The van der Waals surface area contributed by atoms with Gasteiger partial charge in [-0.05, 0) is 36.4 Å². The molecule has 0 radical (unpaired) electrons. The highest BCUT2D eigenvalue weighted by atomic mass is 35.5. The summed E-state index contributed by atoms with van der Waals surface area (Å²) in [6.07, 6.45) is 1.42. The Morgan fingerprint density at radius 1 is 0.793 bits per heavy atom. The van der Waals surface area contributed by atoms with E-state index in [-0.39, 0.29) is 18.2 Å². The Balaban J connectivity index is 0.00000240. The van der Waals surface area contributed by atoms with Crippen LogP contribution in [0.3, 0.4) is 0 Å². The molecule has 0 aliphatic heterocycles. The Kier molecular flexibility index (Phi) is 6.48. The summed E-state index contributed by atoms with van der Waals surface area (Å²) in [7, 11) is 0. The molecule has 0 spiro atoms. The normalized spacial score (nSPS) is 10.1. The molecule has 0 saturated carbocycles. The lowest BCUT2D eigenvalue weighted by Gasteiger charge is -2.11. The lowest BCUT2D eigenvalue weighted by Crippen LogP contribution is -2.10. The minimum Gasteiger partial charge on any atom is -0.347 e. The van der Waals surface area contributed by atoms with Gasteiger partial charge in [0.2, 0.25) is 17.8 Å². The van der Waals surface area contributed by atoms with Crippen LogP contribution in [0.1, 0.15) is 5.82 Å². The van der Waals surface area contributed by atoms with Crippen molar-refractivity contribution in [1.29, 1.82) is 0 Å². The molecule has 0 bridgehead atoms. The zero-order chi connectivity index (χ0) is 19.2. The summed E-state index contributed by atoms with van der Waals surface area (Å²) in [6, 6.07) is 15.5. The van der Waals surface area contributed by atoms with Crippen LogP contribution in [-0.2, 0) is 6.54 Å². The predicted molar refractivity (Wildman–Crippen MR) is 110 cm³/mol. The Hall–Kier alpha value is -3.79. The SMILES string of the molecule is Cl.Fc1ccc(Nc2nc(NCc3ncn[nH]3)nc(Nc3ccccc3)n2)cc1. The number of aromatic amines is 1. The number of hydrogen-bond donors (Lipinski definition) is 4. The standard InChI is InChI=1S/C18H16FN9.ClH/c19-12-6-8-14(9-7-12)24-18-26-16(20-10-15-21-11-22-28-15)25-17(27-18)23-13-4-2-1-3-5-13;/h1-9,11H,10H2,(H,21,22,28)(H3,20,23,24,25,26,27);1H. The molecule has 0 aliphatic rings. The highest BCUT2D eigenvalue weighted by molar-refractivity contribution is 5.85. The molecule has 2 aromatic heterocycles. The van der Waals surface area contributed by atoms with Crippen LogP contribution in [0.5, 0.6) is 0 Å². The second-order valence-corrected chi connectivity index (χ2v) is 5.71. The van der Waals surface area contributed by atoms with Gasteiger partial charge in [0.15, 0.2) is 0 Å². The molecule has 11 heteroatoms. The van der Waals surface area contributed by atoms with Crippen LogP contribution in [-0.4, -0.2) is 30.1 Å². The first-order valence-corrected chi connectivity index (χ1v) is 8.43. The van der Waals surface area contributed by atoms with Crippen molar-refractivity contribution in [3.8, 4) is 0 Å². The zero-order valence-corrected chi connectivity index (χ0v) is 15.8. The Morgan fingerprint density at radius 3 is 2.03 bits per heavy atom. The summed E-state index contributed by atoms with van der Waals surface area (Å²) >= 11 is 0. The number of nitrogens with zero attached hydrogens (tertiary/aromatic N) is 5. The maximum absolute atomic E-state index is 13.1. The Bertz CT molecular complexity index is 1030. The van der Waals surface area contributed by atoms with Crippen LogP contribution >= 0.6 is 12.4 Å². The monoisotopic (exact) mass is 413 g/mol. The molecule has 0 fully saturated rings. The maximum Gasteiger partial charge on any atom is 0.233 e. The minimum atomic E-state index is -0.318. The number of aromatic nitrogens is 6. The van der Waals surface area contributed by atoms with E-state index in [1.807, 2.05) is 30.3 Å². The van der Waals surface area contributed by atoms with Crippen LogP contribution in [0.25, 0.3) is 0 Å². The van der Waals surface area contributed by atoms with Gasteiger partial charge in [-0.3, -0.25) is 5.10 Å². The van der Waals surface area contributed by atoms with Crippen LogP contribution < -0.4 is 16.0 Å². The van der Waals surface area contributed by atoms with Gasteiger partial charge in [-0.2, -0.15) is 20.1 Å². The molecule has 0 unspecified atom stereocenters. The van der Waals surface area contributed by atoms with Crippen molar-refractivity contribution >= 4 is 41.6 Å². The topological polar surface area (TPSA) is 116 Å². The van der Waals surface area contributed by atoms with E-state index in [0.29, 0.717) is 35.9 Å². The quantitative estimate of drug-likeness (QED) is 0.363. The Morgan fingerprint density at radius 2 is 1.41 bits per heavy atom. The minimum absolute atomic E-state index is 0. The molecule has 0 atom stereocenters. The lowest BCUT2D eigenvalue weighted by molar-refractivity contribution is 0.628. The average Bonchev–Trinajstić information content (AvgIpc) is 3.23. The van der Waals surface area contributed by atoms with E-state index in [1.54, 1.807) is 12.1 Å². The number of halogens is 2. The Labute approximate surface area is 171 Å². The fraction of sp³-hybridized carbons (Fsp3) is 0.0556. The lowest BCUT2D eigenvalue weighted by atomic mass is 10.3. The van der Waals surface area contributed by atoms with Gasteiger partial charge < -0.3 is 16.0 Å². The summed E-state index contributed by atoms with van der Waals surface area (Å²) in [4.78, 5) is 17.2. The van der Waals surface area contributed by atoms with Gasteiger partial charge in [0, 0.05) is 11.4 Å². The largest absolute Gasteiger partial charge is 0.347 e. The van der Waals surface area contributed by atoms with Gasteiger partial charge in [0.05, 0.1) is 6.54 Å². The summed E-state index contributed by atoms with van der Waals surface area (Å²) in [5, 5.41) is 15.8. The molecular formula is C18H17ClFN9. The number of anilines is 5. The highest BCUT2D eigenvalue weighted by Crippen LogP contribution is 2.19. The number of benzene rings is 2. The van der Waals surface area contributed by atoms with Gasteiger partial charge in [-0.25, -0.2) is 9.37 Å². The van der Waals surface area contributed by atoms with Crippen molar-refractivity contribution in [3.05, 3.63) is 72.6 Å². The maximum atomic E-state index is 13.1. The third-order valence-corrected chi connectivity index (χ3v) is 3.64. The highest BCUT2D eigenvalue weighted by Gasteiger charge is 2.08. The van der Waals surface area contributed by atoms with Crippen molar-refractivity contribution in [1.82, 2.24) is 30.1 Å². The van der Waals surface area contributed by atoms with E-state index in [9.17, 15) is 4.39 Å². The summed E-state index contributed by atoms with van der Waals surface area (Å²) in [5.41, 5.74) is 1.49. The molecule has 0 amide bonds. The zero-order valence-electron chi connectivity index (χ0n) is 15.0.